The van der Waals surface area contributed by atoms with Gasteiger partial charge in [0.1, 0.15) is 30.2 Å². The van der Waals surface area contributed by atoms with Crippen molar-refractivity contribution >= 4 is 32.3 Å². The number of rotatable bonds is 20. The first-order valence-electron chi connectivity index (χ1n) is 30.4. The molecule has 3 saturated carbocycles. The number of benzene rings is 2. The molecule has 2 aromatic rings. The number of ether oxygens (including phenoxy) is 7. The second kappa shape index (κ2) is 26.2. The summed E-state index contributed by atoms with van der Waals surface area (Å²) < 4.78 is 49.9. The van der Waals surface area contributed by atoms with Crippen LogP contribution >= 0.6 is 0 Å². The number of fused-ring (bicyclic) bond motifs is 5. The fourth-order valence-corrected chi connectivity index (χ4v) is 15.7. The van der Waals surface area contributed by atoms with Crippen LogP contribution in [0.25, 0.3) is 0 Å². The van der Waals surface area contributed by atoms with Crippen molar-refractivity contribution in [1.29, 1.82) is 0 Å². The second-order valence-corrected chi connectivity index (χ2v) is 32.0. The van der Waals surface area contributed by atoms with E-state index in [2.05, 4.69) is 84.8 Å². The summed E-state index contributed by atoms with van der Waals surface area (Å²) in [7, 11) is -1.97. The van der Waals surface area contributed by atoms with Gasteiger partial charge in [-0.15, -0.1) is 0 Å². The van der Waals surface area contributed by atoms with Crippen LogP contribution in [0, 0.1) is 53.3 Å². The Morgan fingerprint density at radius 2 is 1.51 bits per heavy atom. The zero-order valence-electron chi connectivity index (χ0n) is 51.3. The molecule has 5 fully saturated rings. The van der Waals surface area contributed by atoms with Crippen LogP contribution in [0.5, 0.6) is 0 Å². The van der Waals surface area contributed by atoms with Crippen LogP contribution in [0.1, 0.15) is 147 Å². The molecule has 83 heavy (non-hydrogen) atoms. The van der Waals surface area contributed by atoms with E-state index in [4.69, 9.17) is 37.6 Å². The van der Waals surface area contributed by atoms with Gasteiger partial charge in [-0.3, -0.25) is 4.79 Å². The molecule has 460 valence electrons. The molecule has 5 N–H and O–H groups in total. The molecule has 2 amide bonds. The minimum Gasteiger partial charge on any atom is -0.450 e. The summed E-state index contributed by atoms with van der Waals surface area (Å²) in [5, 5.41) is 42.9. The third-order valence-corrected chi connectivity index (χ3v) is 25.0. The Hall–Kier alpha value is -4.50. The van der Waals surface area contributed by atoms with E-state index in [1.54, 1.807) is 48.5 Å². The van der Waals surface area contributed by atoms with Gasteiger partial charge in [0.05, 0.1) is 31.0 Å². The first-order chi connectivity index (χ1) is 39.1. The number of aliphatic hydroxyl groups excluding tert-OH is 2. The molecule has 2 saturated heterocycles. The highest BCUT2D eigenvalue weighted by Crippen LogP contribution is 2.69. The van der Waals surface area contributed by atoms with Gasteiger partial charge in [0, 0.05) is 42.9 Å². The number of nitrogens with one attached hydrogen (secondary N) is 2. The molecule has 4 aliphatic carbocycles. The molecule has 2 heterocycles. The normalized spacial score (nSPS) is 34.7. The fraction of sp³-hybridized carbons (Fsp3) is 0.692. The Bertz CT molecular complexity index is 2620. The number of amides is 2. The minimum atomic E-state index is -1.97. The van der Waals surface area contributed by atoms with Crippen LogP contribution in [-0.2, 0) is 55.5 Å². The predicted octanol–water partition coefficient (Wildman–Crippen LogP) is 10.4. The van der Waals surface area contributed by atoms with Crippen molar-refractivity contribution in [2.75, 3.05) is 19.8 Å². The SMILES string of the molecule is C=CCOC(=O)NCc1ccc(CNC(=O)OC2COC(OC3C(O)COC(O[C@H]4C[C@H]5[C@@H]6CC=C7C[C@@H](O[Si](C)(C)C(C)(C)C)CC[C@]7(C)C6CC[C@]5(C)[C@@]4(O)[C@H](C)C(=O)CCC(C)C)C3C)C(OC(=O)c3ccc(C)cc3)C2O)cc1. The maximum Gasteiger partial charge on any atom is 0.407 e. The van der Waals surface area contributed by atoms with E-state index >= 15 is 0 Å². The lowest BCUT2D eigenvalue weighted by atomic mass is 9.46. The van der Waals surface area contributed by atoms with E-state index in [9.17, 15) is 34.5 Å². The van der Waals surface area contributed by atoms with Gasteiger partial charge < -0.3 is 63.5 Å². The molecule has 2 aromatic carbocycles. The first-order valence-corrected chi connectivity index (χ1v) is 33.3. The van der Waals surface area contributed by atoms with Gasteiger partial charge in [-0.05, 0) is 129 Å². The van der Waals surface area contributed by atoms with Crippen LogP contribution in [0.4, 0.5) is 9.59 Å². The fourth-order valence-electron chi connectivity index (χ4n) is 14.3. The lowest BCUT2D eigenvalue weighted by molar-refractivity contribution is -0.333. The standard InChI is InChI=1S/C65H96N2O15Si/c1-14-31-75-60(72)66-34-42-18-20-43(21-19-42)35-67-61(73)78-52-37-77-59(56(54(52)70)80-57(71)44-22-16-39(4)17-23-44)81-55-40(5)58(76-36-51(55)69)79-53-33-49-47-25-24-45-32-46(82-83(12,13)62(7,8)9)27-29-63(45,10)48(47)28-30-64(49,11)65(53,74)41(6)50(68)26-15-38(2)3/h14,16-24,38,40-41,46-49,51-56,58-59,69-70,74H,1,15,25-37H2,2-13H3,(H,66,72)(H,67,73)/t40?,41-,46+,47-,48?,49+,51?,52?,53+,54?,55?,56?,58?,59?,63+,64+,65-/m1/s1. The highest BCUT2D eigenvalue weighted by molar-refractivity contribution is 6.74. The third kappa shape index (κ3) is 13.9. The van der Waals surface area contributed by atoms with Crippen LogP contribution in [0.15, 0.2) is 72.8 Å². The van der Waals surface area contributed by atoms with Gasteiger partial charge in [0.2, 0.25) is 0 Å². The molecule has 18 heteroatoms. The number of esters is 1. The van der Waals surface area contributed by atoms with E-state index < -0.39 is 98.5 Å². The van der Waals surface area contributed by atoms with Gasteiger partial charge in [-0.25, -0.2) is 14.4 Å². The molecule has 0 bridgehead atoms. The molecule has 6 aliphatic rings. The number of hydrogen-bond acceptors (Lipinski definition) is 15. The number of Topliss-reactive ketones (excluding diaryl/α,β-unsaturated/α-hetero) is 1. The maximum atomic E-state index is 14.4. The average Bonchev–Trinajstić information content (AvgIpc) is 2.67. The van der Waals surface area contributed by atoms with Crippen molar-refractivity contribution in [2.24, 2.45) is 46.3 Å². The number of carbonyl (C=O) groups is 4. The predicted molar refractivity (Wildman–Crippen MR) is 315 cm³/mol. The van der Waals surface area contributed by atoms with Crippen molar-refractivity contribution in [3.63, 3.8) is 0 Å². The Morgan fingerprint density at radius 1 is 0.855 bits per heavy atom. The summed E-state index contributed by atoms with van der Waals surface area (Å²) in [4.78, 5) is 53.4. The first kappa shape index (κ1) is 64.5. The maximum absolute atomic E-state index is 14.4. The molecule has 8 rings (SSSR count). The Labute approximate surface area is 493 Å². The van der Waals surface area contributed by atoms with E-state index in [-0.39, 0.29) is 72.6 Å². The molecular weight excluding hydrogens is 1080 g/mol. The summed E-state index contributed by atoms with van der Waals surface area (Å²) in [5.74, 6) is -1.27. The molecule has 17 nitrogen and oxygen atoms in total. The molecule has 9 unspecified atom stereocenters. The van der Waals surface area contributed by atoms with Crippen molar-refractivity contribution in [1.82, 2.24) is 10.6 Å². The van der Waals surface area contributed by atoms with Gasteiger partial charge in [0.25, 0.3) is 0 Å². The number of allylic oxidation sites excluding steroid dienone is 1. The highest BCUT2D eigenvalue weighted by Gasteiger charge is 2.70. The van der Waals surface area contributed by atoms with Crippen molar-refractivity contribution in [2.45, 2.75) is 219 Å². The Morgan fingerprint density at radius 3 is 2.14 bits per heavy atom. The molecular formula is C65H96N2O15Si. The van der Waals surface area contributed by atoms with Crippen LogP contribution in [0.3, 0.4) is 0 Å². The monoisotopic (exact) mass is 1170 g/mol. The second-order valence-electron chi connectivity index (χ2n) is 27.3. The minimum absolute atomic E-state index is 0.00563. The summed E-state index contributed by atoms with van der Waals surface area (Å²) in [6.45, 7) is 29.3. The van der Waals surface area contributed by atoms with Crippen molar-refractivity contribution in [3.05, 3.63) is 95.1 Å². The Balaban J connectivity index is 0.983. The van der Waals surface area contributed by atoms with E-state index in [0.717, 1.165) is 55.2 Å². The van der Waals surface area contributed by atoms with E-state index in [0.29, 0.717) is 31.1 Å². The Kier molecular flexibility index (Phi) is 20.4. The van der Waals surface area contributed by atoms with Gasteiger partial charge >= 0.3 is 18.2 Å². The summed E-state index contributed by atoms with van der Waals surface area (Å²) in [6.07, 6.45) is -0.283. The van der Waals surface area contributed by atoms with Gasteiger partial charge in [0.15, 0.2) is 33.1 Å². The molecule has 0 aromatic heterocycles. The largest absolute Gasteiger partial charge is 0.450 e. The summed E-state index contributed by atoms with van der Waals surface area (Å²) >= 11 is 0. The molecule has 0 spiro atoms. The summed E-state index contributed by atoms with van der Waals surface area (Å²) in [6, 6.07) is 13.8. The van der Waals surface area contributed by atoms with Crippen molar-refractivity contribution in [3.8, 4) is 0 Å². The van der Waals surface area contributed by atoms with Crippen LogP contribution < -0.4 is 10.6 Å². The number of alkyl carbamates (subject to hydrolysis) is 2. The van der Waals surface area contributed by atoms with Crippen molar-refractivity contribution < 1.29 is 72.1 Å². The molecule has 17 atom stereocenters. The highest BCUT2D eigenvalue weighted by atomic mass is 28.4. The van der Waals surface area contributed by atoms with E-state index in [1.807, 2.05) is 20.8 Å². The van der Waals surface area contributed by atoms with Gasteiger partial charge in [-0.1, -0.05) is 129 Å². The third-order valence-electron chi connectivity index (χ3n) is 20.5. The number of ketones is 1. The number of carbonyl (C=O) groups excluding carboxylic acids is 4. The average molecular weight is 1170 g/mol. The van der Waals surface area contributed by atoms with Gasteiger partial charge in [-0.2, -0.15) is 0 Å². The zero-order chi connectivity index (χ0) is 60.4. The molecule has 0 radical (unpaired) electrons. The smallest absolute Gasteiger partial charge is 0.407 e. The lowest BCUT2D eigenvalue weighted by Gasteiger charge is -2.60. The van der Waals surface area contributed by atoms with Crippen LogP contribution in [-0.4, -0.2) is 128 Å². The van der Waals surface area contributed by atoms with E-state index in [1.165, 1.54) is 11.6 Å². The van der Waals surface area contributed by atoms with Crippen LogP contribution in [0.2, 0.25) is 18.1 Å². The number of hydrogen-bond donors (Lipinski definition) is 5. The summed E-state index contributed by atoms with van der Waals surface area (Å²) in [5.41, 5.74) is 1.90. The number of aliphatic hydroxyl groups is 3. The number of aryl methyl sites for hydroxylation is 1. The topological polar surface area (TPSA) is 227 Å². The quantitative estimate of drug-likeness (QED) is 0.0360. The zero-order valence-corrected chi connectivity index (χ0v) is 52.3. The molecule has 2 aliphatic heterocycles. The lowest BCUT2D eigenvalue weighted by Crippen LogP contribution is -2.62.